The Kier molecular flexibility index (Phi) is 5.07. The lowest BCUT2D eigenvalue weighted by atomic mass is 10.0. The Labute approximate surface area is 129 Å². The molecule has 1 aromatic heterocycles. The van der Waals surface area contributed by atoms with Crippen molar-refractivity contribution in [2.24, 2.45) is 0 Å². The van der Waals surface area contributed by atoms with Crippen LogP contribution < -0.4 is 4.74 Å². The van der Waals surface area contributed by atoms with E-state index in [-0.39, 0.29) is 11.4 Å². The van der Waals surface area contributed by atoms with E-state index in [0.717, 1.165) is 18.7 Å². The summed E-state index contributed by atoms with van der Waals surface area (Å²) >= 11 is 0. The fourth-order valence-electron chi connectivity index (χ4n) is 2.35. The normalized spacial score (nSPS) is 18.6. The molecule has 1 amide bonds. The van der Waals surface area contributed by atoms with E-state index in [2.05, 4.69) is 9.72 Å². The monoisotopic (exact) mass is 332 g/mol. The number of carbonyl (C=O) groups excluding carboxylic acids is 1. The molecule has 2 heterocycles. The van der Waals surface area contributed by atoms with Gasteiger partial charge in [0.15, 0.2) is 6.61 Å². The predicted molar refractivity (Wildman–Crippen MR) is 72.1 cm³/mol. The number of nitrogens with zero attached hydrogens (tertiary/aromatic N) is 2. The molecule has 1 N–H and O–H groups in total. The molecule has 126 valence electrons. The number of likely N-dealkylation sites (tertiary alicyclic amines) is 1. The highest BCUT2D eigenvalue weighted by Gasteiger charge is 2.32. The summed E-state index contributed by atoms with van der Waals surface area (Å²) in [5, 5.41) is 9.16. The van der Waals surface area contributed by atoms with Crippen LogP contribution in [0.15, 0.2) is 18.3 Å². The summed E-state index contributed by atoms with van der Waals surface area (Å²) in [4.78, 5) is 28.4. The summed E-state index contributed by atoms with van der Waals surface area (Å²) < 4.78 is 40.6. The van der Waals surface area contributed by atoms with Gasteiger partial charge in [-0.1, -0.05) is 0 Å². The summed E-state index contributed by atoms with van der Waals surface area (Å²) in [7, 11) is 0. The Balaban J connectivity index is 2.06. The van der Waals surface area contributed by atoms with Crippen LogP contribution in [0.1, 0.15) is 29.6 Å². The number of amides is 1. The van der Waals surface area contributed by atoms with Crippen molar-refractivity contribution in [1.82, 2.24) is 9.88 Å². The van der Waals surface area contributed by atoms with Gasteiger partial charge in [0.05, 0.1) is 5.56 Å². The number of aliphatic carboxylic acids is 1. The third-order valence-electron chi connectivity index (χ3n) is 3.42. The first-order valence-corrected chi connectivity index (χ1v) is 6.97. The molecule has 6 nitrogen and oxygen atoms in total. The van der Waals surface area contributed by atoms with Gasteiger partial charge in [-0.15, -0.1) is 0 Å². The molecule has 0 spiro atoms. The second-order valence-electron chi connectivity index (χ2n) is 5.14. The second kappa shape index (κ2) is 6.84. The zero-order valence-electron chi connectivity index (χ0n) is 12.0. The Morgan fingerprint density at radius 2 is 2.09 bits per heavy atom. The molecule has 9 heteroatoms. The van der Waals surface area contributed by atoms with Crippen LogP contribution in [-0.4, -0.2) is 52.2 Å². The molecular formula is C14H15F3N2O4. The Morgan fingerprint density at radius 3 is 2.65 bits per heavy atom. The first-order chi connectivity index (χ1) is 10.8. The number of piperidine rings is 1. The molecule has 0 aromatic carbocycles. The van der Waals surface area contributed by atoms with Gasteiger partial charge in [-0.25, -0.2) is 9.78 Å². The highest BCUT2D eigenvalue weighted by Crippen LogP contribution is 2.21. The molecule has 1 fully saturated rings. The molecule has 0 radical (unpaired) electrons. The van der Waals surface area contributed by atoms with Gasteiger partial charge in [-0.2, -0.15) is 13.2 Å². The van der Waals surface area contributed by atoms with E-state index < -0.39 is 30.7 Å². The number of rotatable bonds is 4. The number of pyridine rings is 1. The molecule has 1 aliphatic rings. The van der Waals surface area contributed by atoms with Crippen molar-refractivity contribution in [1.29, 1.82) is 0 Å². The number of carboxylic acid groups (broad SMARTS) is 1. The number of ether oxygens (including phenoxy) is 1. The van der Waals surface area contributed by atoms with Crippen LogP contribution in [0.3, 0.4) is 0 Å². The molecular weight excluding hydrogens is 317 g/mol. The van der Waals surface area contributed by atoms with Crippen molar-refractivity contribution in [3.05, 3.63) is 23.9 Å². The summed E-state index contributed by atoms with van der Waals surface area (Å²) in [6.45, 7) is -1.15. The summed E-state index contributed by atoms with van der Waals surface area (Å²) in [5.41, 5.74) is 0.109. The maximum absolute atomic E-state index is 12.3. The maximum Gasteiger partial charge on any atom is 0.422 e. The smallest absolute Gasteiger partial charge is 0.422 e. The molecule has 1 saturated heterocycles. The van der Waals surface area contributed by atoms with Crippen molar-refractivity contribution >= 4 is 11.9 Å². The van der Waals surface area contributed by atoms with Gasteiger partial charge in [-0.05, 0) is 25.3 Å². The number of carbonyl (C=O) groups is 2. The molecule has 1 aliphatic heterocycles. The van der Waals surface area contributed by atoms with Crippen LogP contribution >= 0.6 is 0 Å². The van der Waals surface area contributed by atoms with Gasteiger partial charge in [0.25, 0.3) is 5.91 Å². The van der Waals surface area contributed by atoms with Gasteiger partial charge in [-0.3, -0.25) is 4.79 Å². The van der Waals surface area contributed by atoms with E-state index in [1.54, 1.807) is 0 Å². The van der Waals surface area contributed by atoms with Crippen LogP contribution in [0.5, 0.6) is 5.88 Å². The number of halogens is 3. The quantitative estimate of drug-likeness (QED) is 0.913. The van der Waals surface area contributed by atoms with Crippen LogP contribution in [0.25, 0.3) is 0 Å². The molecule has 1 aromatic rings. The maximum atomic E-state index is 12.3. The molecule has 1 atom stereocenters. The van der Waals surface area contributed by atoms with Crippen molar-refractivity contribution < 1.29 is 32.6 Å². The lowest BCUT2D eigenvalue weighted by Crippen LogP contribution is -2.48. The molecule has 0 aliphatic carbocycles. The SMILES string of the molecule is O=C(O)C1CCCCN1C(=O)c1ccc(OCC(F)(F)F)nc1. The van der Waals surface area contributed by atoms with Crippen LogP contribution in [0, 0.1) is 0 Å². The topological polar surface area (TPSA) is 79.7 Å². The summed E-state index contributed by atoms with van der Waals surface area (Å²) in [6.07, 6.45) is -1.58. The summed E-state index contributed by atoms with van der Waals surface area (Å²) in [5.74, 6) is -1.84. The van der Waals surface area contributed by atoms with Gasteiger partial charge < -0.3 is 14.7 Å². The largest absolute Gasteiger partial charge is 0.480 e. The molecule has 2 rings (SSSR count). The second-order valence-corrected chi connectivity index (χ2v) is 5.14. The van der Waals surface area contributed by atoms with E-state index in [4.69, 9.17) is 5.11 Å². The Bertz CT molecular complexity index is 574. The van der Waals surface area contributed by atoms with Gasteiger partial charge in [0.1, 0.15) is 6.04 Å². The van der Waals surface area contributed by atoms with Gasteiger partial charge >= 0.3 is 12.1 Å². The fourth-order valence-corrected chi connectivity index (χ4v) is 2.35. The van der Waals surface area contributed by atoms with Crippen LogP contribution in [0.2, 0.25) is 0 Å². The molecule has 1 unspecified atom stereocenters. The zero-order chi connectivity index (χ0) is 17.0. The van der Waals surface area contributed by atoms with Crippen molar-refractivity contribution in [2.75, 3.05) is 13.2 Å². The van der Waals surface area contributed by atoms with E-state index in [1.165, 1.54) is 11.0 Å². The average molecular weight is 332 g/mol. The van der Waals surface area contributed by atoms with Gasteiger partial charge in [0, 0.05) is 18.8 Å². The standard InChI is InChI=1S/C14H15F3N2O4/c15-14(16,17)8-23-11-5-4-9(7-18-11)12(20)19-6-2-1-3-10(19)13(21)22/h4-5,7,10H,1-3,6,8H2,(H,21,22). The third-order valence-corrected chi connectivity index (χ3v) is 3.42. The van der Waals surface area contributed by atoms with E-state index in [1.807, 2.05) is 0 Å². The minimum Gasteiger partial charge on any atom is -0.480 e. The lowest BCUT2D eigenvalue weighted by Gasteiger charge is -2.32. The van der Waals surface area contributed by atoms with Crippen LogP contribution in [0.4, 0.5) is 13.2 Å². The number of hydrogen-bond acceptors (Lipinski definition) is 4. The third kappa shape index (κ3) is 4.57. The number of hydrogen-bond donors (Lipinski definition) is 1. The first kappa shape index (κ1) is 17.0. The Morgan fingerprint density at radius 1 is 1.35 bits per heavy atom. The highest BCUT2D eigenvalue weighted by atomic mass is 19.4. The van der Waals surface area contributed by atoms with E-state index in [0.29, 0.717) is 19.4 Å². The van der Waals surface area contributed by atoms with E-state index >= 15 is 0 Å². The molecule has 0 saturated carbocycles. The molecule has 0 bridgehead atoms. The number of aromatic nitrogens is 1. The zero-order valence-corrected chi connectivity index (χ0v) is 12.0. The van der Waals surface area contributed by atoms with E-state index in [9.17, 15) is 22.8 Å². The fraction of sp³-hybridized carbons (Fsp3) is 0.500. The van der Waals surface area contributed by atoms with Crippen molar-refractivity contribution in [2.45, 2.75) is 31.5 Å². The average Bonchev–Trinajstić information content (AvgIpc) is 2.52. The van der Waals surface area contributed by atoms with Crippen molar-refractivity contribution in [3.8, 4) is 5.88 Å². The minimum absolute atomic E-state index is 0.109. The number of carboxylic acids is 1. The lowest BCUT2D eigenvalue weighted by molar-refractivity contribution is -0.154. The summed E-state index contributed by atoms with van der Waals surface area (Å²) in [6, 6.07) is 1.53. The van der Waals surface area contributed by atoms with Crippen LogP contribution in [-0.2, 0) is 4.79 Å². The first-order valence-electron chi connectivity index (χ1n) is 6.97. The van der Waals surface area contributed by atoms with Gasteiger partial charge in [0.2, 0.25) is 5.88 Å². The Hall–Kier alpha value is -2.32. The number of alkyl halides is 3. The predicted octanol–water partition coefficient (Wildman–Crippen LogP) is 2.10. The highest BCUT2D eigenvalue weighted by molar-refractivity contribution is 5.96. The minimum atomic E-state index is -4.47. The molecule has 23 heavy (non-hydrogen) atoms. The van der Waals surface area contributed by atoms with Crippen molar-refractivity contribution in [3.63, 3.8) is 0 Å².